The first-order chi connectivity index (χ1) is 5.96. The molecule has 2 unspecified atom stereocenters. The summed E-state index contributed by atoms with van der Waals surface area (Å²) in [5, 5.41) is 8.06. The summed E-state index contributed by atoms with van der Waals surface area (Å²) in [4.78, 5) is 0. The molecule has 13 heavy (non-hydrogen) atoms. The van der Waals surface area contributed by atoms with E-state index < -0.39 is 5.38 Å². The van der Waals surface area contributed by atoms with E-state index in [1.807, 2.05) is 19.9 Å². The maximum atomic E-state index is 8.50. The lowest BCUT2D eigenvalue weighted by Gasteiger charge is -2.28. The van der Waals surface area contributed by atoms with Crippen molar-refractivity contribution in [2.24, 2.45) is 0 Å². The van der Waals surface area contributed by atoms with Crippen LogP contribution in [0.5, 0.6) is 0 Å². The molecule has 2 atom stereocenters. The van der Waals surface area contributed by atoms with Gasteiger partial charge in [-0.3, -0.25) is 0 Å². The van der Waals surface area contributed by atoms with Gasteiger partial charge in [0.15, 0.2) is 0 Å². The molecule has 0 spiro atoms. The molecule has 0 bridgehead atoms. The van der Waals surface area contributed by atoms with Crippen LogP contribution < -0.4 is 0 Å². The topological polar surface area (TPSA) is 33.0 Å². The fourth-order valence-corrected chi connectivity index (χ4v) is 1.07. The van der Waals surface area contributed by atoms with Crippen LogP contribution in [-0.2, 0) is 4.74 Å². The van der Waals surface area contributed by atoms with Gasteiger partial charge in [-0.25, -0.2) is 0 Å². The number of nitrogens with zero attached hydrogens (tertiary/aromatic N) is 1. The zero-order valence-electron chi connectivity index (χ0n) is 8.43. The molecule has 0 fully saturated rings. The first kappa shape index (κ1) is 12.5. The largest absolute Gasteiger partial charge is 0.374 e. The summed E-state index contributed by atoms with van der Waals surface area (Å²) in [5.41, 5.74) is 0.598. The van der Waals surface area contributed by atoms with E-state index in [0.29, 0.717) is 6.42 Å². The molecule has 0 aliphatic carbocycles. The molecule has 0 aromatic heterocycles. The normalized spacial score (nSPS) is 17.2. The minimum atomic E-state index is -0.436. The number of hydrogen-bond acceptors (Lipinski definition) is 2. The Morgan fingerprint density at radius 3 is 2.62 bits per heavy atom. The molecule has 0 aromatic carbocycles. The van der Waals surface area contributed by atoms with E-state index in [9.17, 15) is 0 Å². The molecule has 3 heteroatoms. The van der Waals surface area contributed by atoms with Gasteiger partial charge in [-0.2, -0.15) is 5.26 Å². The van der Waals surface area contributed by atoms with Crippen LogP contribution in [0.25, 0.3) is 0 Å². The number of rotatable bonds is 5. The highest BCUT2D eigenvalue weighted by Gasteiger charge is 2.25. The van der Waals surface area contributed by atoms with Crippen molar-refractivity contribution in [3.63, 3.8) is 0 Å². The minimum absolute atomic E-state index is 0.357. The fraction of sp³-hybridized carbons (Fsp3) is 0.700. The summed E-state index contributed by atoms with van der Waals surface area (Å²) in [5.74, 6) is 0. The molecule has 0 rings (SSSR count). The monoisotopic (exact) mass is 201 g/mol. The Balaban J connectivity index is 4.15. The number of methoxy groups -OCH3 is 1. The van der Waals surface area contributed by atoms with Crippen molar-refractivity contribution in [2.75, 3.05) is 7.11 Å². The summed E-state index contributed by atoms with van der Waals surface area (Å²) in [6.45, 7) is 7.72. The molecule has 0 saturated carbocycles. The number of ether oxygens (including phenoxy) is 1. The van der Waals surface area contributed by atoms with Crippen LogP contribution in [0.2, 0.25) is 0 Å². The number of hydrogen-bond donors (Lipinski definition) is 0. The van der Waals surface area contributed by atoms with Crippen LogP contribution in [0.1, 0.15) is 26.7 Å². The SMILES string of the molecule is C=C(C)C(C)(CCC(Cl)C#N)OC. The molecule has 0 heterocycles. The van der Waals surface area contributed by atoms with Crippen molar-refractivity contribution in [1.82, 2.24) is 0 Å². The van der Waals surface area contributed by atoms with Crippen LogP contribution in [0.15, 0.2) is 12.2 Å². The fourth-order valence-electron chi connectivity index (χ4n) is 0.956. The third kappa shape index (κ3) is 3.80. The van der Waals surface area contributed by atoms with E-state index in [1.165, 1.54) is 0 Å². The van der Waals surface area contributed by atoms with Gasteiger partial charge in [-0.15, -0.1) is 11.6 Å². The predicted octanol–water partition coefficient (Wildman–Crippen LogP) is 2.88. The molecule has 0 saturated heterocycles. The molecule has 0 amide bonds. The third-order valence-corrected chi connectivity index (χ3v) is 2.68. The van der Waals surface area contributed by atoms with Crippen molar-refractivity contribution in [1.29, 1.82) is 5.26 Å². The minimum Gasteiger partial charge on any atom is -0.374 e. The second kappa shape index (κ2) is 5.26. The zero-order valence-corrected chi connectivity index (χ0v) is 9.19. The van der Waals surface area contributed by atoms with Gasteiger partial charge in [-0.1, -0.05) is 6.58 Å². The average molecular weight is 202 g/mol. The van der Waals surface area contributed by atoms with Crippen LogP contribution in [-0.4, -0.2) is 18.1 Å². The summed E-state index contributed by atoms with van der Waals surface area (Å²) in [7, 11) is 1.64. The quantitative estimate of drug-likeness (QED) is 0.506. The molecule has 0 aromatic rings. The van der Waals surface area contributed by atoms with Crippen LogP contribution >= 0.6 is 11.6 Å². The smallest absolute Gasteiger partial charge is 0.120 e. The van der Waals surface area contributed by atoms with Crippen LogP contribution in [0.4, 0.5) is 0 Å². The maximum absolute atomic E-state index is 8.50. The summed E-state index contributed by atoms with van der Waals surface area (Å²) < 4.78 is 5.33. The summed E-state index contributed by atoms with van der Waals surface area (Å²) in [6.07, 6.45) is 1.34. The van der Waals surface area contributed by atoms with Gasteiger partial charge in [0.1, 0.15) is 5.38 Å². The lowest BCUT2D eigenvalue weighted by atomic mass is 9.92. The van der Waals surface area contributed by atoms with E-state index in [-0.39, 0.29) is 5.60 Å². The van der Waals surface area contributed by atoms with Gasteiger partial charge < -0.3 is 4.74 Å². The van der Waals surface area contributed by atoms with Gasteiger partial charge in [0, 0.05) is 7.11 Å². The van der Waals surface area contributed by atoms with Crippen molar-refractivity contribution < 1.29 is 4.74 Å². The number of alkyl halides is 1. The molecule has 0 aliphatic heterocycles. The predicted molar refractivity (Wildman–Crippen MR) is 54.7 cm³/mol. The zero-order chi connectivity index (χ0) is 10.5. The van der Waals surface area contributed by atoms with Gasteiger partial charge in [0.05, 0.1) is 11.7 Å². The second-order valence-corrected chi connectivity index (χ2v) is 3.88. The molecule has 0 N–H and O–H groups in total. The summed E-state index contributed by atoms with van der Waals surface area (Å²) in [6, 6.07) is 1.98. The summed E-state index contributed by atoms with van der Waals surface area (Å²) >= 11 is 5.69. The molecule has 0 aliphatic rings. The molecule has 0 radical (unpaired) electrons. The van der Waals surface area contributed by atoms with Gasteiger partial charge >= 0.3 is 0 Å². The Hall–Kier alpha value is -0.520. The average Bonchev–Trinajstić information content (AvgIpc) is 2.13. The highest BCUT2D eigenvalue weighted by molar-refractivity contribution is 6.22. The highest BCUT2D eigenvalue weighted by atomic mass is 35.5. The van der Waals surface area contributed by atoms with Crippen molar-refractivity contribution in [3.05, 3.63) is 12.2 Å². The van der Waals surface area contributed by atoms with E-state index in [4.69, 9.17) is 21.6 Å². The molecule has 74 valence electrons. The van der Waals surface area contributed by atoms with E-state index in [0.717, 1.165) is 12.0 Å². The Morgan fingerprint density at radius 1 is 1.77 bits per heavy atom. The van der Waals surface area contributed by atoms with Crippen molar-refractivity contribution in [3.8, 4) is 6.07 Å². The Morgan fingerprint density at radius 2 is 2.31 bits per heavy atom. The van der Waals surface area contributed by atoms with E-state index in [2.05, 4.69) is 6.58 Å². The van der Waals surface area contributed by atoms with Gasteiger partial charge in [0.2, 0.25) is 0 Å². The Bertz CT molecular complexity index is 221. The third-order valence-electron chi connectivity index (χ3n) is 2.37. The first-order valence-electron chi connectivity index (χ1n) is 4.21. The highest BCUT2D eigenvalue weighted by Crippen LogP contribution is 2.26. The van der Waals surface area contributed by atoms with E-state index >= 15 is 0 Å². The maximum Gasteiger partial charge on any atom is 0.120 e. The standard InChI is InChI=1S/C10H16ClNO/c1-8(2)10(3,13-4)6-5-9(11)7-12/h9H,1,5-6H2,2-4H3. The lowest BCUT2D eigenvalue weighted by Crippen LogP contribution is -2.29. The lowest BCUT2D eigenvalue weighted by molar-refractivity contribution is 0.0302. The van der Waals surface area contributed by atoms with Crippen LogP contribution in [0.3, 0.4) is 0 Å². The first-order valence-corrected chi connectivity index (χ1v) is 4.64. The molecular formula is C10H16ClNO. The van der Waals surface area contributed by atoms with Gasteiger partial charge in [-0.05, 0) is 32.3 Å². The molecule has 2 nitrogen and oxygen atoms in total. The second-order valence-electron chi connectivity index (χ2n) is 3.35. The Kier molecular flexibility index (Phi) is 5.05. The van der Waals surface area contributed by atoms with Gasteiger partial charge in [0.25, 0.3) is 0 Å². The van der Waals surface area contributed by atoms with E-state index in [1.54, 1.807) is 7.11 Å². The van der Waals surface area contributed by atoms with Crippen molar-refractivity contribution >= 4 is 11.6 Å². The Labute approximate surface area is 85.1 Å². The van der Waals surface area contributed by atoms with Crippen molar-refractivity contribution in [2.45, 2.75) is 37.7 Å². The van der Waals surface area contributed by atoms with Crippen LogP contribution in [0, 0.1) is 11.3 Å². The molecular weight excluding hydrogens is 186 g/mol. The number of halogens is 1. The number of nitriles is 1.